The molecule has 0 saturated carbocycles. The first kappa shape index (κ1) is 24.2. The van der Waals surface area contributed by atoms with Crippen molar-refractivity contribution >= 4 is 29.2 Å². The van der Waals surface area contributed by atoms with E-state index in [9.17, 15) is 9.18 Å². The van der Waals surface area contributed by atoms with Crippen molar-refractivity contribution < 1.29 is 18.7 Å². The molecule has 0 bridgehead atoms. The first-order valence-corrected chi connectivity index (χ1v) is 11.3. The first-order valence-electron chi connectivity index (χ1n) is 11.3. The highest BCUT2D eigenvalue weighted by Gasteiger charge is 2.22. The number of ether oxygens (including phenoxy) is 2. The third-order valence-electron chi connectivity index (χ3n) is 5.89. The number of carbonyl (C=O) groups excluding carboxylic acids is 1. The van der Waals surface area contributed by atoms with Gasteiger partial charge in [-0.2, -0.15) is 4.98 Å². The van der Waals surface area contributed by atoms with Crippen LogP contribution in [0.2, 0.25) is 0 Å². The van der Waals surface area contributed by atoms with Crippen LogP contribution in [0.15, 0.2) is 54.7 Å². The average molecular weight is 481 g/mol. The van der Waals surface area contributed by atoms with E-state index < -0.39 is 6.09 Å². The first-order chi connectivity index (χ1) is 16.9. The Morgan fingerprint density at radius 1 is 1.20 bits per heavy atom. The van der Waals surface area contributed by atoms with Crippen molar-refractivity contribution in [2.24, 2.45) is 0 Å². The van der Waals surface area contributed by atoms with Crippen LogP contribution < -0.4 is 20.3 Å². The smallest absolute Gasteiger partial charge is 0.413 e. The van der Waals surface area contributed by atoms with Crippen molar-refractivity contribution in [3.05, 3.63) is 66.1 Å². The molecule has 1 fully saturated rings. The lowest BCUT2D eigenvalue weighted by molar-refractivity contribution is 0.155. The number of piperazine rings is 1. The molecule has 1 unspecified atom stereocenters. The van der Waals surface area contributed by atoms with Crippen LogP contribution in [0.1, 0.15) is 12.5 Å². The zero-order valence-electron chi connectivity index (χ0n) is 20.0. The molecular weight excluding hydrogens is 451 g/mol. The molecule has 10 heteroatoms. The Hall–Kier alpha value is -3.92. The molecule has 2 N–H and O–H groups in total. The Bertz CT molecular complexity index is 1180. The van der Waals surface area contributed by atoms with Crippen LogP contribution in [0.3, 0.4) is 0 Å². The molecule has 2 aromatic carbocycles. The van der Waals surface area contributed by atoms with Gasteiger partial charge in [0.25, 0.3) is 0 Å². The van der Waals surface area contributed by atoms with Crippen LogP contribution in [-0.2, 0) is 11.3 Å². The third-order valence-corrected chi connectivity index (χ3v) is 5.89. The minimum absolute atomic E-state index is 0.0803. The number of nitrogens with one attached hydrogen (secondary N) is 2. The fourth-order valence-corrected chi connectivity index (χ4v) is 3.78. The van der Waals surface area contributed by atoms with E-state index in [0.717, 1.165) is 25.2 Å². The molecule has 1 atom stereocenters. The fourth-order valence-electron chi connectivity index (χ4n) is 3.78. The minimum atomic E-state index is -0.658. The molecule has 35 heavy (non-hydrogen) atoms. The van der Waals surface area contributed by atoms with Crippen LogP contribution in [0.25, 0.3) is 0 Å². The van der Waals surface area contributed by atoms with Crippen LogP contribution >= 0.6 is 0 Å². The molecule has 0 spiro atoms. The molecule has 3 aromatic rings. The number of halogens is 1. The van der Waals surface area contributed by atoms with Crippen molar-refractivity contribution in [2.45, 2.75) is 19.6 Å². The number of anilines is 4. The van der Waals surface area contributed by atoms with Crippen LogP contribution in [0.4, 0.5) is 32.3 Å². The second kappa shape index (κ2) is 11.0. The maximum Gasteiger partial charge on any atom is 0.413 e. The predicted molar refractivity (Wildman–Crippen MR) is 133 cm³/mol. The normalized spacial score (nSPS) is 16.0. The Morgan fingerprint density at radius 3 is 2.83 bits per heavy atom. The van der Waals surface area contributed by atoms with E-state index in [1.165, 1.54) is 18.3 Å². The summed E-state index contributed by atoms with van der Waals surface area (Å²) in [7, 11) is 3.65. The van der Waals surface area contributed by atoms with Crippen LogP contribution in [0, 0.1) is 5.82 Å². The minimum Gasteiger partial charge on any atom is -0.497 e. The van der Waals surface area contributed by atoms with Gasteiger partial charge in [-0.1, -0.05) is 12.1 Å². The summed E-state index contributed by atoms with van der Waals surface area (Å²) in [6.07, 6.45) is 0.831. The number of likely N-dealkylation sites (N-methyl/N-ethyl adjacent to an activating group) is 1. The lowest BCUT2D eigenvalue weighted by atomic mass is 10.1. The summed E-state index contributed by atoms with van der Waals surface area (Å²) in [4.78, 5) is 24.9. The molecule has 1 amide bonds. The number of nitrogens with zero attached hydrogens (tertiary/aromatic N) is 4. The highest BCUT2D eigenvalue weighted by Crippen LogP contribution is 2.26. The monoisotopic (exact) mass is 480 g/mol. The van der Waals surface area contributed by atoms with Crippen molar-refractivity contribution in [1.29, 1.82) is 0 Å². The molecule has 1 aliphatic rings. The van der Waals surface area contributed by atoms with Crippen molar-refractivity contribution in [1.82, 2.24) is 14.9 Å². The standard InChI is InChI=1S/C25H29FN6O3/c1-17-15-32(12-11-31(17)2)22-8-7-19(14-21(22)26)28-24-27-10-9-23(29-24)30-25(33)35-16-18-5-4-6-20(13-18)34-3/h4-10,13-14,17H,11-12,15-16H2,1-3H3,(H2,27,28,29,30,33). The van der Waals surface area contributed by atoms with Gasteiger partial charge in [0.05, 0.1) is 12.8 Å². The molecule has 184 valence electrons. The quantitative estimate of drug-likeness (QED) is 0.519. The summed E-state index contributed by atoms with van der Waals surface area (Å²) in [6.45, 7) is 4.64. The number of hydrogen-bond acceptors (Lipinski definition) is 8. The maximum absolute atomic E-state index is 14.9. The lowest BCUT2D eigenvalue weighted by Gasteiger charge is -2.39. The zero-order chi connectivity index (χ0) is 24.8. The summed E-state index contributed by atoms with van der Waals surface area (Å²) >= 11 is 0. The van der Waals surface area contributed by atoms with Gasteiger partial charge >= 0.3 is 6.09 Å². The van der Waals surface area contributed by atoms with Crippen molar-refractivity contribution in [2.75, 3.05) is 49.3 Å². The lowest BCUT2D eigenvalue weighted by Crippen LogP contribution is -2.50. The van der Waals surface area contributed by atoms with Crippen molar-refractivity contribution in [3.63, 3.8) is 0 Å². The van der Waals surface area contributed by atoms with Gasteiger partial charge in [-0.05, 0) is 55.9 Å². The van der Waals surface area contributed by atoms with Gasteiger partial charge < -0.3 is 24.6 Å². The van der Waals surface area contributed by atoms with Gasteiger partial charge in [0.15, 0.2) is 0 Å². The van der Waals surface area contributed by atoms with Crippen molar-refractivity contribution in [3.8, 4) is 5.75 Å². The van der Waals surface area contributed by atoms with E-state index in [1.54, 1.807) is 25.3 Å². The zero-order valence-corrected chi connectivity index (χ0v) is 20.0. The summed E-state index contributed by atoms with van der Waals surface area (Å²) in [6, 6.07) is 14.1. The number of aromatic nitrogens is 2. The van der Waals surface area contributed by atoms with Gasteiger partial charge in [0.1, 0.15) is 24.0 Å². The second-order valence-electron chi connectivity index (χ2n) is 8.38. The van der Waals surface area contributed by atoms with Gasteiger partial charge in [-0.3, -0.25) is 5.32 Å². The van der Waals surface area contributed by atoms with Gasteiger partial charge in [0.2, 0.25) is 5.95 Å². The summed E-state index contributed by atoms with van der Waals surface area (Å²) < 4.78 is 25.3. The van der Waals surface area contributed by atoms with Crippen LogP contribution in [-0.4, -0.2) is 60.8 Å². The van der Waals surface area contributed by atoms with E-state index in [1.807, 2.05) is 18.2 Å². The molecule has 1 aromatic heterocycles. The molecule has 1 saturated heterocycles. The molecule has 1 aliphatic heterocycles. The van der Waals surface area contributed by atoms with Gasteiger partial charge in [0, 0.05) is 37.6 Å². The molecule has 0 radical (unpaired) electrons. The highest BCUT2D eigenvalue weighted by molar-refractivity contribution is 5.83. The van der Waals surface area contributed by atoms with Gasteiger partial charge in [-0.25, -0.2) is 14.2 Å². The number of carbonyl (C=O) groups is 1. The van der Waals surface area contributed by atoms with E-state index in [0.29, 0.717) is 23.2 Å². The van der Waals surface area contributed by atoms with E-state index in [-0.39, 0.29) is 24.2 Å². The Labute approximate surface area is 203 Å². The molecule has 4 rings (SSSR count). The summed E-state index contributed by atoms with van der Waals surface area (Å²) in [5.74, 6) is 0.834. The molecule has 9 nitrogen and oxygen atoms in total. The number of amides is 1. The average Bonchev–Trinajstić information content (AvgIpc) is 2.85. The maximum atomic E-state index is 14.9. The van der Waals surface area contributed by atoms with E-state index >= 15 is 0 Å². The van der Waals surface area contributed by atoms with E-state index in [4.69, 9.17) is 9.47 Å². The molecular formula is C25H29FN6O3. The summed E-state index contributed by atoms with van der Waals surface area (Å²) in [5, 5.41) is 5.55. The number of hydrogen-bond donors (Lipinski definition) is 2. The molecule has 2 heterocycles. The fraction of sp³-hybridized carbons (Fsp3) is 0.320. The molecule has 0 aliphatic carbocycles. The third kappa shape index (κ3) is 6.36. The van der Waals surface area contributed by atoms with E-state index in [2.05, 4.69) is 44.4 Å². The predicted octanol–water partition coefficient (Wildman–Crippen LogP) is 4.26. The summed E-state index contributed by atoms with van der Waals surface area (Å²) in [5.41, 5.74) is 1.87. The second-order valence-corrected chi connectivity index (χ2v) is 8.38. The van der Waals surface area contributed by atoms with Crippen LogP contribution in [0.5, 0.6) is 5.75 Å². The number of methoxy groups -OCH3 is 1. The number of benzene rings is 2. The largest absolute Gasteiger partial charge is 0.497 e. The Kier molecular flexibility index (Phi) is 7.61. The Morgan fingerprint density at radius 2 is 2.06 bits per heavy atom. The topological polar surface area (TPSA) is 91.8 Å². The van der Waals surface area contributed by atoms with Gasteiger partial charge in [-0.15, -0.1) is 0 Å². The SMILES string of the molecule is COc1cccc(COC(=O)Nc2ccnc(Nc3ccc(N4CCN(C)C(C)C4)c(F)c3)n2)c1. The number of rotatable bonds is 7. The highest BCUT2D eigenvalue weighted by atomic mass is 19.1. The Balaban J connectivity index is 1.34.